The molecule has 0 radical (unpaired) electrons. The third kappa shape index (κ3) is 3.51. The van der Waals surface area contributed by atoms with Crippen molar-refractivity contribution in [1.29, 1.82) is 0 Å². The van der Waals surface area contributed by atoms with E-state index in [1.54, 1.807) is 19.4 Å². The number of methoxy groups -OCH3 is 1. The number of anilines is 2. The zero-order valence-corrected chi connectivity index (χ0v) is 15.8. The van der Waals surface area contributed by atoms with Gasteiger partial charge in [0.05, 0.1) is 23.9 Å². The molecule has 0 unspecified atom stereocenters. The summed E-state index contributed by atoms with van der Waals surface area (Å²) < 4.78 is 46.5. The van der Waals surface area contributed by atoms with Crippen LogP contribution in [0.2, 0.25) is 0 Å². The van der Waals surface area contributed by atoms with Gasteiger partial charge in [0, 0.05) is 29.9 Å². The van der Waals surface area contributed by atoms with Crippen LogP contribution in [0.5, 0.6) is 5.75 Å². The second-order valence-corrected chi connectivity index (χ2v) is 6.58. The van der Waals surface area contributed by atoms with Crippen molar-refractivity contribution in [3.05, 3.63) is 72.4 Å². The van der Waals surface area contributed by atoms with Gasteiger partial charge in [-0.1, -0.05) is 18.2 Å². The summed E-state index contributed by atoms with van der Waals surface area (Å²) in [6.45, 7) is 0. The van der Waals surface area contributed by atoms with Crippen LogP contribution >= 0.6 is 0 Å². The Morgan fingerprint density at radius 2 is 1.79 bits per heavy atom. The van der Waals surface area contributed by atoms with Gasteiger partial charge in [-0.05, 0) is 42.5 Å². The molecule has 0 amide bonds. The van der Waals surface area contributed by atoms with Gasteiger partial charge in [0.2, 0.25) is 0 Å². The average Bonchev–Trinajstić information content (AvgIpc) is 3.05. The van der Waals surface area contributed by atoms with Crippen molar-refractivity contribution in [1.82, 2.24) is 9.55 Å². The highest BCUT2D eigenvalue weighted by Crippen LogP contribution is 2.36. The Morgan fingerprint density at radius 3 is 2.55 bits per heavy atom. The van der Waals surface area contributed by atoms with Crippen molar-refractivity contribution in [2.45, 2.75) is 6.18 Å². The Bertz CT molecular complexity index is 1180. The number of rotatable bonds is 4. The summed E-state index contributed by atoms with van der Waals surface area (Å²) in [4.78, 5) is 4.35. The van der Waals surface area contributed by atoms with Gasteiger partial charge >= 0.3 is 6.18 Å². The van der Waals surface area contributed by atoms with E-state index in [0.717, 1.165) is 40.0 Å². The van der Waals surface area contributed by atoms with Gasteiger partial charge in [-0.2, -0.15) is 13.2 Å². The van der Waals surface area contributed by atoms with Gasteiger partial charge in [-0.3, -0.25) is 0 Å². The number of pyridine rings is 1. The summed E-state index contributed by atoms with van der Waals surface area (Å²) in [5.74, 6) is 1.22. The maximum absolute atomic E-state index is 13.0. The zero-order chi connectivity index (χ0) is 20.6. The Balaban J connectivity index is 1.80. The molecule has 4 aromatic rings. The Kier molecular flexibility index (Phi) is 4.66. The Morgan fingerprint density at radius 1 is 1.00 bits per heavy atom. The van der Waals surface area contributed by atoms with Crippen LogP contribution in [0.1, 0.15) is 5.56 Å². The smallest absolute Gasteiger partial charge is 0.416 e. The first-order valence-electron chi connectivity index (χ1n) is 8.90. The quantitative estimate of drug-likeness (QED) is 0.458. The molecule has 0 atom stereocenters. The summed E-state index contributed by atoms with van der Waals surface area (Å²) in [5.41, 5.74) is 2.34. The number of alkyl halides is 3. The van der Waals surface area contributed by atoms with Crippen LogP contribution in [-0.2, 0) is 13.2 Å². The summed E-state index contributed by atoms with van der Waals surface area (Å²) in [6.07, 6.45) is -2.77. The Hall–Kier alpha value is -3.48. The fraction of sp³-hybridized carbons (Fsp3) is 0.136. The number of hydrogen-bond acceptors (Lipinski definition) is 3. The highest BCUT2D eigenvalue weighted by molar-refractivity contribution is 5.96. The molecule has 4 rings (SSSR count). The standard InChI is InChI=1S/C22H18F3N3O/c1-28-18-10-11-26-21(27-15-7-5-6-14(12-15)22(23,24)25)17(18)13-19(28)16-8-3-4-9-20(16)29-2/h3-13H,1-2H3,(H,26,27). The van der Waals surface area contributed by atoms with Crippen molar-refractivity contribution in [3.63, 3.8) is 0 Å². The van der Waals surface area contributed by atoms with Crippen LogP contribution in [0.25, 0.3) is 22.2 Å². The monoisotopic (exact) mass is 397 g/mol. The van der Waals surface area contributed by atoms with Crippen molar-refractivity contribution in [3.8, 4) is 17.0 Å². The number of ether oxygens (including phenoxy) is 1. The van der Waals surface area contributed by atoms with Crippen molar-refractivity contribution >= 4 is 22.4 Å². The Labute approximate surface area is 165 Å². The van der Waals surface area contributed by atoms with E-state index in [0.29, 0.717) is 11.5 Å². The topological polar surface area (TPSA) is 39.1 Å². The first-order chi connectivity index (χ1) is 13.9. The molecule has 0 saturated heterocycles. The minimum atomic E-state index is -4.40. The summed E-state index contributed by atoms with van der Waals surface area (Å²) in [7, 11) is 3.54. The molecular formula is C22H18F3N3O. The first-order valence-corrected chi connectivity index (χ1v) is 8.90. The third-order valence-electron chi connectivity index (χ3n) is 4.81. The molecule has 0 bridgehead atoms. The average molecular weight is 397 g/mol. The van der Waals surface area contributed by atoms with Gasteiger partial charge in [-0.15, -0.1) is 0 Å². The highest BCUT2D eigenvalue weighted by Gasteiger charge is 2.30. The molecule has 0 aliphatic heterocycles. The molecule has 148 valence electrons. The van der Waals surface area contributed by atoms with E-state index in [1.807, 2.05) is 48.0 Å². The van der Waals surface area contributed by atoms with Gasteiger partial charge in [-0.25, -0.2) is 4.98 Å². The zero-order valence-electron chi connectivity index (χ0n) is 15.8. The largest absolute Gasteiger partial charge is 0.496 e. The molecule has 29 heavy (non-hydrogen) atoms. The molecule has 0 saturated carbocycles. The fourth-order valence-electron chi connectivity index (χ4n) is 3.39. The molecular weight excluding hydrogens is 379 g/mol. The number of aromatic nitrogens is 2. The number of hydrogen-bond donors (Lipinski definition) is 1. The summed E-state index contributed by atoms with van der Waals surface area (Å²) >= 11 is 0. The predicted molar refractivity (Wildman–Crippen MR) is 107 cm³/mol. The maximum Gasteiger partial charge on any atom is 0.416 e. The van der Waals surface area contributed by atoms with Crippen LogP contribution < -0.4 is 10.1 Å². The van der Waals surface area contributed by atoms with Gasteiger partial charge < -0.3 is 14.6 Å². The van der Waals surface area contributed by atoms with Crippen LogP contribution in [0, 0.1) is 0 Å². The van der Waals surface area contributed by atoms with E-state index in [2.05, 4.69) is 10.3 Å². The lowest BCUT2D eigenvalue weighted by atomic mass is 10.1. The van der Waals surface area contributed by atoms with Crippen LogP contribution in [0.4, 0.5) is 24.7 Å². The number of halogens is 3. The summed E-state index contributed by atoms with van der Waals surface area (Å²) in [5, 5.41) is 3.82. The molecule has 0 fully saturated rings. The second kappa shape index (κ2) is 7.16. The van der Waals surface area contributed by atoms with Gasteiger partial charge in [0.1, 0.15) is 11.6 Å². The van der Waals surface area contributed by atoms with E-state index < -0.39 is 11.7 Å². The molecule has 2 aromatic heterocycles. The van der Waals surface area contributed by atoms with Gasteiger partial charge in [0.15, 0.2) is 0 Å². The van der Waals surface area contributed by atoms with Crippen LogP contribution in [0.3, 0.4) is 0 Å². The molecule has 2 aromatic carbocycles. The van der Waals surface area contributed by atoms with Crippen LogP contribution in [0.15, 0.2) is 66.9 Å². The SMILES string of the molecule is COc1ccccc1-c1cc2c(Nc3cccc(C(F)(F)F)c3)nccc2n1C. The van der Waals surface area contributed by atoms with Crippen molar-refractivity contribution < 1.29 is 17.9 Å². The third-order valence-corrected chi connectivity index (χ3v) is 4.81. The van der Waals surface area contributed by atoms with E-state index in [1.165, 1.54) is 6.07 Å². The number of benzene rings is 2. The van der Waals surface area contributed by atoms with E-state index >= 15 is 0 Å². The minimum Gasteiger partial charge on any atom is -0.496 e. The summed E-state index contributed by atoms with van der Waals surface area (Å²) in [6, 6.07) is 16.6. The van der Waals surface area contributed by atoms with E-state index in [4.69, 9.17) is 4.74 Å². The van der Waals surface area contributed by atoms with Crippen LogP contribution in [-0.4, -0.2) is 16.7 Å². The molecule has 0 spiro atoms. The molecule has 0 aliphatic carbocycles. The maximum atomic E-state index is 13.0. The number of fused-ring (bicyclic) bond motifs is 1. The first kappa shape index (κ1) is 18.9. The predicted octanol–water partition coefficient (Wildman–Crippen LogP) is 6.01. The number of para-hydroxylation sites is 1. The highest BCUT2D eigenvalue weighted by atomic mass is 19.4. The lowest BCUT2D eigenvalue weighted by Gasteiger charge is -2.11. The van der Waals surface area contributed by atoms with E-state index in [-0.39, 0.29) is 0 Å². The number of nitrogens with zero attached hydrogens (tertiary/aromatic N) is 2. The normalized spacial score (nSPS) is 11.6. The van der Waals surface area contributed by atoms with Crippen molar-refractivity contribution in [2.75, 3.05) is 12.4 Å². The lowest BCUT2D eigenvalue weighted by Crippen LogP contribution is -2.05. The molecule has 2 heterocycles. The molecule has 0 aliphatic rings. The van der Waals surface area contributed by atoms with E-state index in [9.17, 15) is 13.2 Å². The number of nitrogens with one attached hydrogen (secondary N) is 1. The van der Waals surface area contributed by atoms with Crippen molar-refractivity contribution in [2.24, 2.45) is 7.05 Å². The van der Waals surface area contributed by atoms with Gasteiger partial charge in [0.25, 0.3) is 0 Å². The number of aryl methyl sites for hydroxylation is 1. The fourth-order valence-corrected chi connectivity index (χ4v) is 3.39. The molecule has 1 N–H and O–H groups in total. The minimum absolute atomic E-state index is 0.322. The molecule has 7 heteroatoms. The second-order valence-electron chi connectivity index (χ2n) is 6.58. The lowest BCUT2D eigenvalue weighted by molar-refractivity contribution is -0.137. The molecule has 4 nitrogen and oxygen atoms in total.